The van der Waals surface area contributed by atoms with Gasteiger partial charge in [-0.15, -0.1) is 0 Å². The third-order valence-corrected chi connectivity index (χ3v) is 3.78. The highest BCUT2D eigenvalue weighted by Gasteiger charge is 2.28. The van der Waals surface area contributed by atoms with Gasteiger partial charge in [-0.1, -0.05) is 45.9 Å². The van der Waals surface area contributed by atoms with Crippen molar-refractivity contribution in [3.8, 4) is 0 Å². The van der Waals surface area contributed by atoms with Crippen molar-refractivity contribution in [2.45, 2.75) is 53.4 Å². The predicted molar refractivity (Wildman–Crippen MR) is 99.5 cm³/mol. The zero-order valence-electron chi connectivity index (χ0n) is 16.0. The van der Waals surface area contributed by atoms with E-state index in [0.717, 1.165) is 16.8 Å². The van der Waals surface area contributed by atoms with E-state index >= 15 is 0 Å². The summed E-state index contributed by atoms with van der Waals surface area (Å²) >= 11 is 0. The normalized spacial score (nSPS) is 11.6. The van der Waals surface area contributed by atoms with Crippen molar-refractivity contribution < 1.29 is 19.1 Å². The fraction of sp³-hybridized carbons (Fsp3) is 0.550. The summed E-state index contributed by atoms with van der Waals surface area (Å²) in [7, 11) is 0. The number of carbonyl (C=O) groups is 2. The van der Waals surface area contributed by atoms with Gasteiger partial charge in [-0.2, -0.15) is 0 Å². The number of hydrogen-bond donors (Lipinski definition) is 0. The first-order valence-electron chi connectivity index (χ1n) is 8.83. The van der Waals surface area contributed by atoms with Crippen molar-refractivity contribution in [2.24, 2.45) is 10.9 Å². The van der Waals surface area contributed by atoms with Crippen molar-refractivity contribution in [3.05, 3.63) is 29.3 Å². The number of ether oxygens (including phenoxy) is 2. The summed E-state index contributed by atoms with van der Waals surface area (Å²) in [4.78, 5) is 28.7. The summed E-state index contributed by atoms with van der Waals surface area (Å²) in [5.74, 6) is -1.89. The van der Waals surface area contributed by atoms with Gasteiger partial charge in [0.2, 0.25) is 0 Å². The first-order chi connectivity index (χ1) is 11.8. The molecule has 5 heteroatoms. The zero-order chi connectivity index (χ0) is 19.0. The Morgan fingerprint density at radius 1 is 0.960 bits per heavy atom. The highest BCUT2D eigenvalue weighted by molar-refractivity contribution is 6.09. The van der Waals surface area contributed by atoms with Gasteiger partial charge in [0.25, 0.3) is 0 Å². The van der Waals surface area contributed by atoms with Crippen LogP contribution in [-0.4, -0.2) is 31.4 Å². The van der Waals surface area contributed by atoms with E-state index in [1.807, 2.05) is 18.2 Å². The number of esters is 2. The lowest BCUT2D eigenvalue weighted by Crippen LogP contribution is -2.29. The van der Waals surface area contributed by atoms with Gasteiger partial charge in [0.1, 0.15) is 0 Å². The Balaban J connectivity index is 3.30. The molecule has 5 nitrogen and oxygen atoms in total. The lowest BCUT2D eigenvalue weighted by atomic mass is 9.93. The summed E-state index contributed by atoms with van der Waals surface area (Å²) in [6, 6.07) is 6.05. The van der Waals surface area contributed by atoms with Crippen molar-refractivity contribution in [3.63, 3.8) is 0 Å². The molecule has 1 aromatic carbocycles. The van der Waals surface area contributed by atoms with Gasteiger partial charge in [0.15, 0.2) is 5.92 Å². The number of hydrogen-bond acceptors (Lipinski definition) is 5. The molecular weight excluding hydrogens is 318 g/mol. The largest absolute Gasteiger partial charge is 0.465 e. The minimum atomic E-state index is -1.15. The molecule has 1 aromatic rings. The lowest BCUT2D eigenvalue weighted by Gasteiger charge is -2.17. The number of aliphatic imine (C=N–C) groups is 1. The van der Waals surface area contributed by atoms with Crippen molar-refractivity contribution in [2.75, 3.05) is 13.2 Å². The standard InChI is InChI=1S/C20H29NO4/c1-7-24-19(22)17(20(23)25-8-2)12-21-18-15(13(3)4)10-9-11-16(18)14(5)6/h9-14,17H,7-8H2,1-6H3. The Kier molecular flexibility index (Phi) is 8.32. The maximum absolute atomic E-state index is 12.1. The molecule has 25 heavy (non-hydrogen) atoms. The average molecular weight is 347 g/mol. The van der Waals surface area contributed by atoms with Gasteiger partial charge in [0.05, 0.1) is 18.9 Å². The minimum absolute atomic E-state index is 0.197. The van der Waals surface area contributed by atoms with Crippen LogP contribution in [0, 0.1) is 5.92 Å². The van der Waals surface area contributed by atoms with Crippen molar-refractivity contribution in [1.82, 2.24) is 0 Å². The number of benzene rings is 1. The average Bonchev–Trinajstić information content (AvgIpc) is 2.55. The van der Waals surface area contributed by atoms with E-state index in [4.69, 9.17) is 9.47 Å². The zero-order valence-corrected chi connectivity index (χ0v) is 16.0. The monoisotopic (exact) mass is 347 g/mol. The molecule has 0 aliphatic heterocycles. The Morgan fingerprint density at radius 2 is 1.40 bits per heavy atom. The number of para-hydroxylation sites is 1. The third-order valence-electron chi connectivity index (χ3n) is 3.78. The fourth-order valence-electron chi connectivity index (χ4n) is 2.49. The number of carbonyl (C=O) groups excluding carboxylic acids is 2. The molecule has 0 atom stereocenters. The second kappa shape index (κ2) is 9.97. The molecule has 0 saturated carbocycles. The van der Waals surface area contributed by atoms with Gasteiger partial charge in [-0.05, 0) is 36.8 Å². The quantitative estimate of drug-likeness (QED) is 0.398. The highest BCUT2D eigenvalue weighted by atomic mass is 16.6. The van der Waals surface area contributed by atoms with Crippen molar-refractivity contribution >= 4 is 23.8 Å². The third kappa shape index (κ3) is 5.69. The maximum Gasteiger partial charge on any atom is 0.325 e. The van der Waals surface area contributed by atoms with Crippen LogP contribution in [-0.2, 0) is 19.1 Å². The Bertz CT molecular complexity index is 576. The predicted octanol–water partition coefficient (Wildman–Crippen LogP) is 4.38. The summed E-state index contributed by atoms with van der Waals surface area (Å²) < 4.78 is 9.97. The Hall–Kier alpha value is -2.17. The molecule has 0 unspecified atom stereocenters. The van der Waals surface area contributed by atoms with Crippen LogP contribution in [0.2, 0.25) is 0 Å². The van der Waals surface area contributed by atoms with Gasteiger partial charge in [0, 0.05) is 6.21 Å². The van der Waals surface area contributed by atoms with Crippen LogP contribution < -0.4 is 0 Å². The molecule has 0 N–H and O–H groups in total. The van der Waals surface area contributed by atoms with Gasteiger partial charge < -0.3 is 9.47 Å². The van der Waals surface area contributed by atoms with E-state index in [-0.39, 0.29) is 25.0 Å². The van der Waals surface area contributed by atoms with E-state index in [0.29, 0.717) is 0 Å². The summed E-state index contributed by atoms with van der Waals surface area (Å²) in [5, 5.41) is 0. The Labute approximate surface area is 150 Å². The van der Waals surface area contributed by atoms with Crippen LogP contribution in [0.1, 0.15) is 64.5 Å². The second-order valence-electron chi connectivity index (χ2n) is 6.35. The van der Waals surface area contributed by atoms with Gasteiger partial charge in [-0.3, -0.25) is 14.6 Å². The SMILES string of the molecule is CCOC(=O)C(C=Nc1c(C(C)C)cccc1C(C)C)C(=O)OCC. The minimum Gasteiger partial charge on any atom is -0.465 e. The summed E-state index contributed by atoms with van der Waals surface area (Å²) in [6.45, 7) is 12.1. The topological polar surface area (TPSA) is 65.0 Å². The maximum atomic E-state index is 12.1. The van der Waals surface area contributed by atoms with E-state index in [1.54, 1.807) is 13.8 Å². The molecular formula is C20H29NO4. The molecule has 1 rings (SSSR count). The number of rotatable bonds is 8. The molecule has 0 spiro atoms. The van der Waals surface area contributed by atoms with Gasteiger partial charge >= 0.3 is 11.9 Å². The summed E-state index contributed by atoms with van der Waals surface area (Å²) in [5.41, 5.74) is 2.97. The Morgan fingerprint density at radius 3 is 1.76 bits per heavy atom. The van der Waals surface area contributed by atoms with E-state index in [9.17, 15) is 9.59 Å². The highest BCUT2D eigenvalue weighted by Crippen LogP contribution is 2.34. The van der Waals surface area contributed by atoms with Gasteiger partial charge in [-0.25, -0.2) is 0 Å². The van der Waals surface area contributed by atoms with Crippen LogP contribution in [0.15, 0.2) is 23.2 Å². The summed E-state index contributed by atoms with van der Waals surface area (Å²) in [6.07, 6.45) is 1.35. The molecule has 0 aliphatic rings. The van der Waals surface area contributed by atoms with Crippen LogP contribution in [0.4, 0.5) is 5.69 Å². The van der Waals surface area contributed by atoms with E-state index in [2.05, 4.69) is 32.7 Å². The molecule has 0 saturated heterocycles. The van der Waals surface area contributed by atoms with E-state index < -0.39 is 17.9 Å². The first kappa shape index (κ1) is 20.9. The molecule has 0 amide bonds. The van der Waals surface area contributed by atoms with Crippen LogP contribution in [0.25, 0.3) is 0 Å². The smallest absolute Gasteiger partial charge is 0.325 e. The molecule has 0 bridgehead atoms. The number of nitrogens with zero attached hydrogens (tertiary/aromatic N) is 1. The molecule has 0 heterocycles. The molecule has 138 valence electrons. The molecule has 0 fully saturated rings. The molecule has 0 aromatic heterocycles. The first-order valence-corrected chi connectivity index (χ1v) is 8.83. The van der Waals surface area contributed by atoms with Crippen LogP contribution >= 0.6 is 0 Å². The molecule has 0 aliphatic carbocycles. The van der Waals surface area contributed by atoms with Crippen LogP contribution in [0.3, 0.4) is 0 Å². The lowest BCUT2D eigenvalue weighted by molar-refractivity contribution is -0.157. The van der Waals surface area contributed by atoms with E-state index in [1.165, 1.54) is 6.21 Å². The van der Waals surface area contributed by atoms with Crippen LogP contribution in [0.5, 0.6) is 0 Å². The fourth-order valence-corrected chi connectivity index (χ4v) is 2.49. The van der Waals surface area contributed by atoms with Crippen molar-refractivity contribution in [1.29, 1.82) is 0 Å². The molecule has 0 radical (unpaired) electrons. The second-order valence-corrected chi connectivity index (χ2v) is 6.35.